The molecule has 0 radical (unpaired) electrons. The molecule has 84 valence electrons. The highest BCUT2D eigenvalue weighted by Gasteiger charge is 2.43. The molecule has 2 aliphatic rings. The molecule has 4 heteroatoms. The second-order valence-corrected chi connectivity index (χ2v) is 5.29. The van der Waals surface area contributed by atoms with Crippen LogP contribution in [0.15, 0.2) is 24.3 Å². The molecular weight excluding hydrogens is 225 g/mol. The van der Waals surface area contributed by atoms with Crippen molar-refractivity contribution in [1.82, 2.24) is 4.90 Å². The van der Waals surface area contributed by atoms with Crippen molar-refractivity contribution in [3.05, 3.63) is 35.6 Å². The van der Waals surface area contributed by atoms with Crippen LogP contribution in [0.3, 0.4) is 0 Å². The number of rotatable bonds is 2. The number of thioether (sulfide) groups is 1. The van der Waals surface area contributed by atoms with E-state index in [1.807, 2.05) is 11.0 Å². The number of carbonyl (C=O) groups excluding carboxylic acids is 1. The van der Waals surface area contributed by atoms with Crippen molar-refractivity contribution >= 4 is 17.7 Å². The third-order valence-corrected chi connectivity index (χ3v) is 4.23. The lowest BCUT2D eigenvalue weighted by Crippen LogP contribution is -2.30. The van der Waals surface area contributed by atoms with E-state index in [4.69, 9.17) is 0 Å². The van der Waals surface area contributed by atoms with E-state index in [1.54, 1.807) is 12.1 Å². The molecule has 1 aromatic rings. The average Bonchev–Trinajstić information content (AvgIpc) is 3.04. The molecule has 1 aliphatic carbocycles. The van der Waals surface area contributed by atoms with Gasteiger partial charge in [-0.15, -0.1) is 11.8 Å². The lowest BCUT2D eigenvalue weighted by atomic mass is 10.2. The summed E-state index contributed by atoms with van der Waals surface area (Å²) >= 11 is 1.53. The fraction of sp³-hybridized carbons (Fsp3) is 0.417. The van der Waals surface area contributed by atoms with Crippen molar-refractivity contribution in [2.24, 2.45) is 0 Å². The summed E-state index contributed by atoms with van der Waals surface area (Å²) in [5.41, 5.74) is 0.644. The average molecular weight is 237 g/mol. The zero-order valence-electron chi connectivity index (χ0n) is 8.73. The van der Waals surface area contributed by atoms with E-state index in [2.05, 4.69) is 0 Å². The van der Waals surface area contributed by atoms with Gasteiger partial charge < -0.3 is 4.90 Å². The van der Waals surface area contributed by atoms with Gasteiger partial charge in [0.2, 0.25) is 5.91 Å². The van der Waals surface area contributed by atoms with Crippen LogP contribution in [0, 0.1) is 5.82 Å². The molecule has 0 bridgehead atoms. The summed E-state index contributed by atoms with van der Waals surface area (Å²) in [7, 11) is 0. The van der Waals surface area contributed by atoms with Crippen LogP contribution in [-0.2, 0) is 4.79 Å². The van der Waals surface area contributed by atoms with Crippen LogP contribution in [0.5, 0.6) is 0 Å². The Kier molecular flexibility index (Phi) is 2.39. The summed E-state index contributed by atoms with van der Waals surface area (Å²) in [6.45, 7) is 0. The topological polar surface area (TPSA) is 20.3 Å². The maximum absolute atomic E-state index is 13.7. The Hall–Kier alpha value is -1.03. The summed E-state index contributed by atoms with van der Waals surface area (Å²) in [5.74, 6) is 0.427. The minimum absolute atomic E-state index is 0.110. The molecule has 1 aromatic carbocycles. The Bertz CT molecular complexity index is 433. The van der Waals surface area contributed by atoms with Gasteiger partial charge in [0.1, 0.15) is 11.2 Å². The first-order valence-electron chi connectivity index (χ1n) is 5.44. The van der Waals surface area contributed by atoms with Gasteiger partial charge in [0.05, 0.1) is 5.75 Å². The zero-order chi connectivity index (χ0) is 11.1. The first-order chi connectivity index (χ1) is 7.77. The first-order valence-corrected chi connectivity index (χ1v) is 6.49. The number of amides is 1. The highest BCUT2D eigenvalue weighted by atomic mass is 32.2. The predicted octanol–water partition coefficient (Wildman–Crippen LogP) is 2.56. The molecule has 0 unspecified atom stereocenters. The number of carbonyl (C=O) groups is 1. The lowest BCUT2D eigenvalue weighted by Gasteiger charge is -2.24. The second-order valence-electron chi connectivity index (χ2n) is 4.22. The van der Waals surface area contributed by atoms with Gasteiger partial charge >= 0.3 is 0 Å². The molecular formula is C12H12FNOS. The van der Waals surface area contributed by atoms with Crippen molar-refractivity contribution in [2.75, 3.05) is 5.75 Å². The van der Waals surface area contributed by atoms with Crippen molar-refractivity contribution < 1.29 is 9.18 Å². The Morgan fingerprint density at radius 1 is 1.31 bits per heavy atom. The molecule has 0 aromatic heterocycles. The monoisotopic (exact) mass is 237 g/mol. The number of halogens is 1. The van der Waals surface area contributed by atoms with Crippen LogP contribution in [0.2, 0.25) is 0 Å². The molecule has 1 saturated carbocycles. The highest BCUT2D eigenvalue weighted by Crippen LogP contribution is 2.45. The molecule has 3 rings (SSSR count). The van der Waals surface area contributed by atoms with E-state index in [0.29, 0.717) is 17.4 Å². The summed E-state index contributed by atoms with van der Waals surface area (Å²) in [4.78, 5) is 13.6. The van der Waals surface area contributed by atoms with Gasteiger partial charge in [-0.05, 0) is 18.9 Å². The predicted molar refractivity (Wildman–Crippen MR) is 61.5 cm³/mol. The summed E-state index contributed by atoms with van der Waals surface area (Å²) in [6, 6.07) is 7.10. The second kappa shape index (κ2) is 3.77. The Morgan fingerprint density at radius 2 is 2.06 bits per heavy atom. The summed E-state index contributed by atoms with van der Waals surface area (Å²) < 4.78 is 13.7. The largest absolute Gasteiger partial charge is 0.323 e. The highest BCUT2D eigenvalue weighted by molar-refractivity contribution is 8.00. The first kappa shape index (κ1) is 10.1. The Labute approximate surface area is 97.8 Å². The minimum atomic E-state index is -0.208. The van der Waals surface area contributed by atoms with Gasteiger partial charge in [0, 0.05) is 11.6 Å². The van der Waals surface area contributed by atoms with E-state index in [9.17, 15) is 9.18 Å². The summed E-state index contributed by atoms with van der Waals surface area (Å²) in [5, 5.41) is -0.110. The molecule has 1 aliphatic heterocycles. The van der Waals surface area contributed by atoms with Crippen LogP contribution >= 0.6 is 11.8 Å². The maximum atomic E-state index is 13.7. The molecule has 1 saturated heterocycles. The SMILES string of the molecule is O=C1CS[C@H](c2ccccc2F)N1C1CC1. The molecule has 2 fully saturated rings. The van der Waals surface area contributed by atoms with Crippen LogP contribution in [0.4, 0.5) is 4.39 Å². The third-order valence-electron chi connectivity index (χ3n) is 3.02. The fourth-order valence-electron chi connectivity index (χ4n) is 2.10. The number of benzene rings is 1. The van der Waals surface area contributed by atoms with Gasteiger partial charge in [-0.2, -0.15) is 0 Å². The molecule has 0 spiro atoms. The van der Waals surface area contributed by atoms with Crippen molar-refractivity contribution in [1.29, 1.82) is 0 Å². The van der Waals surface area contributed by atoms with E-state index >= 15 is 0 Å². The molecule has 1 amide bonds. The van der Waals surface area contributed by atoms with Crippen LogP contribution in [0.1, 0.15) is 23.8 Å². The normalized spacial score (nSPS) is 25.2. The van der Waals surface area contributed by atoms with E-state index < -0.39 is 0 Å². The number of hydrogen-bond donors (Lipinski definition) is 0. The molecule has 1 atom stereocenters. The molecule has 2 nitrogen and oxygen atoms in total. The third kappa shape index (κ3) is 1.61. The fourth-order valence-corrected chi connectivity index (χ4v) is 3.37. The maximum Gasteiger partial charge on any atom is 0.234 e. The van der Waals surface area contributed by atoms with E-state index in [0.717, 1.165) is 12.8 Å². The van der Waals surface area contributed by atoms with Crippen LogP contribution in [0.25, 0.3) is 0 Å². The Balaban J connectivity index is 1.94. The number of nitrogens with zero attached hydrogens (tertiary/aromatic N) is 1. The van der Waals surface area contributed by atoms with Crippen molar-refractivity contribution in [2.45, 2.75) is 24.3 Å². The zero-order valence-corrected chi connectivity index (χ0v) is 9.54. The van der Waals surface area contributed by atoms with Crippen molar-refractivity contribution in [3.8, 4) is 0 Å². The van der Waals surface area contributed by atoms with Gasteiger partial charge in [0.15, 0.2) is 0 Å². The number of hydrogen-bond acceptors (Lipinski definition) is 2. The standard InChI is InChI=1S/C12H12FNOS/c13-10-4-2-1-3-9(10)12-14(8-5-6-8)11(15)7-16-12/h1-4,8,12H,5-7H2/t12-/m1/s1. The quantitative estimate of drug-likeness (QED) is 0.788. The molecule has 1 heterocycles. The van der Waals surface area contributed by atoms with E-state index in [-0.39, 0.29) is 17.1 Å². The van der Waals surface area contributed by atoms with Crippen LogP contribution in [-0.4, -0.2) is 22.6 Å². The summed E-state index contributed by atoms with van der Waals surface area (Å²) in [6.07, 6.45) is 2.13. The minimum Gasteiger partial charge on any atom is -0.323 e. The van der Waals surface area contributed by atoms with Crippen LogP contribution < -0.4 is 0 Å². The smallest absolute Gasteiger partial charge is 0.234 e. The molecule has 16 heavy (non-hydrogen) atoms. The van der Waals surface area contributed by atoms with E-state index in [1.165, 1.54) is 17.8 Å². The van der Waals surface area contributed by atoms with Gasteiger partial charge in [-0.25, -0.2) is 4.39 Å². The van der Waals surface area contributed by atoms with Crippen molar-refractivity contribution in [3.63, 3.8) is 0 Å². The lowest BCUT2D eigenvalue weighted by molar-refractivity contribution is -0.128. The molecule has 0 N–H and O–H groups in total. The van der Waals surface area contributed by atoms with Gasteiger partial charge in [0.25, 0.3) is 0 Å². The van der Waals surface area contributed by atoms with Gasteiger partial charge in [-0.3, -0.25) is 4.79 Å². The van der Waals surface area contributed by atoms with Gasteiger partial charge in [-0.1, -0.05) is 18.2 Å². The Morgan fingerprint density at radius 3 is 2.75 bits per heavy atom.